The third-order valence-electron chi connectivity index (χ3n) is 6.76. The second-order valence-electron chi connectivity index (χ2n) is 9.44. The molecule has 0 bridgehead atoms. The molecule has 0 radical (unpaired) electrons. The van der Waals surface area contributed by atoms with Crippen molar-refractivity contribution >= 4 is 27.3 Å². The molecule has 1 N–H and O–H groups in total. The van der Waals surface area contributed by atoms with E-state index in [4.69, 9.17) is 0 Å². The molecule has 0 aliphatic carbocycles. The van der Waals surface area contributed by atoms with Crippen molar-refractivity contribution in [2.45, 2.75) is 50.0 Å². The number of carbonyl (C=O) groups excluding carboxylic acids is 1. The van der Waals surface area contributed by atoms with E-state index in [0.717, 1.165) is 62.1 Å². The van der Waals surface area contributed by atoms with E-state index in [0.29, 0.717) is 25.2 Å². The van der Waals surface area contributed by atoms with Gasteiger partial charge in [0.2, 0.25) is 10.0 Å². The average Bonchev–Trinajstić information content (AvgIpc) is 2.88. The molecule has 0 aromatic heterocycles. The summed E-state index contributed by atoms with van der Waals surface area (Å²) < 4.78 is 28.9. The molecular formula is C26H36N4O3S. The van der Waals surface area contributed by atoms with Crippen LogP contribution in [-0.2, 0) is 16.6 Å². The van der Waals surface area contributed by atoms with Gasteiger partial charge in [-0.25, -0.2) is 8.42 Å². The van der Waals surface area contributed by atoms with Crippen molar-refractivity contribution in [3.05, 3.63) is 53.6 Å². The molecule has 2 fully saturated rings. The summed E-state index contributed by atoms with van der Waals surface area (Å²) in [7, 11) is 0.301. The standard InChI is InChI=1S/C26H36N4O3S/c1-28(2)23-12-9-21(10-13-23)20-27-26(31)22-11-14-24(29-15-5-3-6-16-29)25(19-22)34(32,33)30-17-7-4-8-18-30/h9-14,19H,3-8,15-18,20H2,1-2H3,(H,27,31). The number of nitrogens with zero attached hydrogens (tertiary/aromatic N) is 3. The van der Waals surface area contributed by atoms with E-state index in [1.54, 1.807) is 16.4 Å². The van der Waals surface area contributed by atoms with Crippen LogP contribution in [0.15, 0.2) is 47.4 Å². The quantitative estimate of drug-likeness (QED) is 0.646. The van der Waals surface area contributed by atoms with Gasteiger partial charge in [0.25, 0.3) is 5.91 Å². The molecule has 2 aliphatic heterocycles. The highest BCUT2D eigenvalue weighted by atomic mass is 32.2. The number of piperidine rings is 2. The SMILES string of the molecule is CN(C)c1ccc(CNC(=O)c2ccc(N3CCCCC3)c(S(=O)(=O)N3CCCCC3)c2)cc1. The second kappa shape index (κ2) is 10.8. The Hall–Kier alpha value is -2.58. The highest BCUT2D eigenvalue weighted by molar-refractivity contribution is 7.89. The van der Waals surface area contributed by atoms with Crippen LogP contribution in [-0.4, -0.2) is 58.9 Å². The number of carbonyl (C=O) groups is 1. The van der Waals surface area contributed by atoms with Gasteiger partial charge in [-0.2, -0.15) is 4.31 Å². The fourth-order valence-electron chi connectivity index (χ4n) is 4.70. The summed E-state index contributed by atoms with van der Waals surface area (Å²) in [6.07, 6.45) is 6.09. The molecular weight excluding hydrogens is 448 g/mol. The van der Waals surface area contributed by atoms with Crippen LogP contribution < -0.4 is 15.1 Å². The fourth-order valence-corrected chi connectivity index (χ4v) is 6.45. The monoisotopic (exact) mass is 484 g/mol. The number of nitrogens with one attached hydrogen (secondary N) is 1. The Bertz CT molecular complexity index is 1090. The van der Waals surface area contributed by atoms with Crippen LogP contribution in [0, 0.1) is 0 Å². The zero-order valence-corrected chi connectivity index (χ0v) is 21.1. The molecule has 2 aromatic carbocycles. The predicted molar refractivity (Wildman–Crippen MR) is 137 cm³/mol. The van der Waals surface area contributed by atoms with Gasteiger partial charge in [-0.05, 0) is 68.0 Å². The molecule has 0 atom stereocenters. The summed E-state index contributed by atoms with van der Waals surface area (Å²) in [5, 5.41) is 2.95. The van der Waals surface area contributed by atoms with Crippen LogP contribution >= 0.6 is 0 Å². The van der Waals surface area contributed by atoms with Crippen molar-refractivity contribution in [1.82, 2.24) is 9.62 Å². The van der Waals surface area contributed by atoms with Gasteiger partial charge >= 0.3 is 0 Å². The summed E-state index contributed by atoms with van der Waals surface area (Å²) >= 11 is 0. The van der Waals surface area contributed by atoms with Gasteiger partial charge in [-0.1, -0.05) is 18.6 Å². The first-order valence-corrected chi connectivity index (χ1v) is 13.7. The van der Waals surface area contributed by atoms with E-state index in [1.807, 2.05) is 49.3 Å². The maximum atomic E-state index is 13.7. The first-order valence-electron chi connectivity index (χ1n) is 12.3. The molecule has 1 amide bonds. The lowest BCUT2D eigenvalue weighted by molar-refractivity contribution is 0.0950. The van der Waals surface area contributed by atoms with Crippen molar-refractivity contribution < 1.29 is 13.2 Å². The molecule has 0 unspecified atom stereocenters. The average molecular weight is 485 g/mol. The van der Waals surface area contributed by atoms with Gasteiger partial charge < -0.3 is 15.1 Å². The first kappa shape index (κ1) is 24.5. The number of anilines is 2. The molecule has 2 saturated heterocycles. The summed E-state index contributed by atoms with van der Waals surface area (Å²) in [5.41, 5.74) is 3.18. The topological polar surface area (TPSA) is 73.0 Å². The molecule has 0 spiro atoms. The molecule has 2 aliphatic rings. The number of hydrogen-bond donors (Lipinski definition) is 1. The van der Waals surface area contributed by atoms with Crippen LogP contribution in [0.1, 0.15) is 54.4 Å². The lowest BCUT2D eigenvalue weighted by Gasteiger charge is -2.33. The van der Waals surface area contributed by atoms with E-state index in [1.165, 1.54) is 6.42 Å². The van der Waals surface area contributed by atoms with E-state index in [2.05, 4.69) is 10.2 Å². The molecule has 184 valence electrons. The number of amides is 1. The van der Waals surface area contributed by atoms with Gasteiger partial charge in [-0.15, -0.1) is 0 Å². The molecule has 34 heavy (non-hydrogen) atoms. The number of sulfonamides is 1. The van der Waals surface area contributed by atoms with E-state index < -0.39 is 10.0 Å². The van der Waals surface area contributed by atoms with Crippen LogP contribution in [0.25, 0.3) is 0 Å². The van der Waals surface area contributed by atoms with E-state index in [-0.39, 0.29) is 10.8 Å². The highest BCUT2D eigenvalue weighted by Gasteiger charge is 2.31. The Morgan fingerprint density at radius 3 is 2.12 bits per heavy atom. The Morgan fingerprint density at radius 2 is 1.50 bits per heavy atom. The fraction of sp³-hybridized carbons (Fsp3) is 0.500. The molecule has 8 heteroatoms. The maximum Gasteiger partial charge on any atom is 0.251 e. The summed E-state index contributed by atoms with van der Waals surface area (Å²) in [4.78, 5) is 17.4. The third-order valence-corrected chi connectivity index (χ3v) is 8.69. The number of rotatable bonds is 7. The lowest BCUT2D eigenvalue weighted by atomic mass is 10.1. The van der Waals surface area contributed by atoms with Crippen molar-refractivity contribution in [1.29, 1.82) is 0 Å². The summed E-state index contributed by atoms with van der Waals surface area (Å²) in [6, 6.07) is 13.2. The van der Waals surface area contributed by atoms with Crippen LogP contribution in [0.4, 0.5) is 11.4 Å². The molecule has 7 nitrogen and oxygen atoms in total. The zero-order valence-electron chi connectivity index (χ0n) is 20.3. The van der Waals surface area contributed by atoms with Crippen molar-refractivity contribution in [2.75, 3.05) is 50.1 Å². The molecule has 2 aromatic rings. The predicted octanol–water partition coefficient (Wildman–Crippen LogP) is 3.85. The molecule has 2 heterocycles. The highest BCUT2D eigenvalue weighted by Crippen LogP contribution is 2.32. The first-order chi connectivity index (χ1) is 16.4. The van der Waals surface area contributed by atoms with Gasteiger partial charge in [0, 0.05) is 58.1 Å². The van der Waals surface area contributed by atoms with E-state index in [9.17, 15) is 13.2 Å². The van der Waals surface area contributed by atoms with Crippen molar-refractivity contribution in [2.24, 2.45) is 0 Å². The van der Waals surface area contributed by atoms with Crippen LogP contribution in [0.5, 0.6) is 0 Å². The lowest BCUT2D eigenvalue weighted by Crippen LogP contribution is -2.38. The van der Waals surface area contributed by atoms with Crippen molar-refractivity contribution in [3.63, 3.8) is 0 Å². The minimum atomic E-state index is -3.67. The Kier molecular flexibility index (Phi) is 7.78. The largest absolute Gasteiger partial charge is 0.378 e. The minimum Gasteiger partial charge on any atom is -0.378 e. The number of benzene rings is 2. The third kappa shape index (κ3) is 5.55. The summed E-state index contributed by atoms with van der Waals surface area (Å²) in [6.45, 7) is 3.16. The second-order valence-corrected chi connectivity index (χ2v) is 11.3. The van der Waals surface area contributed by atoms with Crippen LogP contribution in [0.2, 0.25) is 0 Å². The minimum absolute atomic E-state index is 0.263. The van der Waals surface area contributed by atoms with Gasteiger partial charge in [-0.3, -0.25) is 4.79 Å². The molecule has 4 rings (SSSR count). The summed E-state index contributed by atoms with van der Waals surface area (Å²) in [5.74, 6) is -0.267. The Morgan fingerprint density at radius 1 is 0.882 bits per heavy atom. The normalized spacial score (nSPS) is 17.4. The number of hydrogen-bond acceptors (Lipinski definition) is 5. The van der Waals surface area contributed by atoms with Crippen LogP contribution in [0.3, 0.4) is 0 Å². The van der Waals surface area contributed by atoms with Gasteiger partial charge in [0.1, 0.15) is 4.90 Å². The van der Waals surface area contributed by atoms with Crippen molar-refractivity contribution in [3.8, 4) is 0 Å². The maximum absolute atomic E-state index is 13.7. The Labute approximate surface area is 203 Å². The molecule has 0 saturated carbocycles. The zero-order chi connectivity index (χ0) is 24.1. The van der Waals surface area contributed by atoms with Gasteiger partial charge in [0.15, 0.2) is 0 Å². The smallest absolute Gasteiger partial charge is 0.251 e. The van der Waals surface area contributed by atoms with Gasteiger partial charge in [0.05, 0.1) is 5.69 Å². The Balaban J connectivity index is 1.57. The van der Waals surface area contributed by atoms with E-state index >= 15 is 0 Å².